The predicted octanol–water partition coefficient (Wildman–Crippen LogP) is 2.42. The van der Waals surface area contributed by atoms with E-state index < -0.39 is 5.97 Å². The molecule has 0 radical (unpaired) electrons. The molecule has 3 rings (SSSR count). The molecule has 0 unspecified atom stereocenters. The third-order valence-electron chi connectivity index (χ3n) is 4.01. The van der Waals surface area contributed by atoms with Crippen LogP contribution in [0.25, 0.3) is 5.69 Å². The van der Waals surface area contributed by atoms with Gasteiger partial charge in [-0.2, -0.15) is 5.10 Å². The van der Waals surface area contributed by atoms with Crippen molar-refractivity contribution in [1.29, 1.82) is 0 Å². The fourth-order valence-corrected chi connectivity index (χ4v) is 2.56. The molecule has 1 N–H and O–H groups in total. The van der Waals surface area contributed by atoms with Crippen LogP contribution in [0.4, 0.5) is 0 Å². The SMILES string of the molecule is COCCc1nc(C2CCC2)n(-c2cccc(C(=O)O)c2)n1. The average Bonchev–Trinajstić information content (AvgIpc) is 2.87. The monoisotopic (exact) mass is 301 g/mol. The van der Waals surface area contributed by atoms with Crippen LogP contribution in [0.3, 0.4) is 0 Å². The van der Waals surface area contributed by atoms with E-state index in [1.807, 2.05) is 6.07 Å². The molecule has 1 fully saturated rings. The molecule has 1 heterocycles. The van der Waals surface area contributed by atoms with Crippen molar-refractivity contribution in [1.82, 2.24) is 14.8 Å². The fraction of sp³-hybridized carbons (Fsp3) is 0.438. The van der Waals surface area contributed by atoms with E-state index in [2.05, 4.69) is 10.1 Å². The number of methoxy groups -OCH3 is 1. The van der Waals surface area contributed by atoms with E-state index in [1.165, 1.54) is 6.42 Å². The molecular formula is C16H19N3O3. The summed E-state index contributed by atoms with van der Waals surface area (Å²) in [6.07, 6.45) is 4.09. The van der Waals surface area contributed by atoms with Gasteiger partial charge in [-0.25, -0.2) is 14.5 Å². The highest BCUT2D eigenvalue weighted by molar-refractivity contribution is 5.88. The lowest BCUT2D eigenvalue weighted by Gasteiger charge is -2.24. The molecule has 1 aromatic carbocycles. The van der Waals surface area contributed by atoms with Crippen molar-refractivity contribution in [3.8, 4) is 5.69 Å². The van der Waals surface area contributed by atoms with Gasteiger partial charge in [-0.05, 0) is 31.0 Å². The van der Waals surface area contributed by atoms with E-state index in [0.717, 1.165) is 30.2 Å². The Kier molecular flexibility index (Phi) is 4.20. The Labute approximate surface area is 128 Å². The maximum atomic E-state index is 11.2. The third kappa shape index (κ3) is 2.87. The number of hydrogen-bond acceptors (Lipinski definition) is 4. The second-order valence-corrected chi connectivity index (χ2v) is 5.52. The first-order valence-corrected chi connectivity index (χ1v) is 7.47. The topological polar surface area (TPSA) is 77.2 Å². The van der Waals surface area contributed by atoms with Gasteiger partial charge in [0.25, 0.3) is 0 Å². The molecule has 0 atom stereocenters. The minimum absolute atomic E-state index is 0.256. The lowest BCUT2D eigenvalue weighted by atomic mass is 9.85. The third-order valence-corrected chi connectivity index (χ3v) is 4.01. The van der Waals surface area contributed by atoms with Crippen molar-refractivity contribution in [2.24, 2.45) is 0 Å². The van der Waals surface area contributed by atoms with E-state index >= 15 is 0 Å². The van der Waals surface area contributed by atoms with Crippen LogP contribution in [0.15, 0.2) is 24.3 Å². The van der Waals surface area contributed by atoms with Gasteiger partial charge >= 0.3 is 5.97 Å². The van der Waals surface area contributed by atoms with Crippen molar-refractivity contribution in [3.63, 3.8) is 0 Å². The standard InChI is InChI=1S/C16H19N3O3/c1-22-9-8-14-17-15(11-4-2-5-11)19(18-14)13-7-3-6-12(10-13)16(20)21/h3,6-7,10-11H,2,4-5,8-9H2,1H3,(H,20,21). The largest absolute Gasteiger partial charge is 0.478 e. The highest BCUT2D eigenvalue weighted by Crippen LogP contribution is 2.36. The summed E-state index contributed by atoms with van der Waals surface area (Å²) >= 11 is 0. The Balaban J connectivity index is 1.98. The van der Waals surface area contributed by atoms with Gasteiger partial charge in [0.15, 0.2) is 5.82 Å². The minimum atomic E-state index is -0.938. The molecule has 0 spiro atoms. The van der Waals surface area contributed by atoms with E-state index in [0.29, 0.717) is 18.9 Å². The van der Waals surface area contributed by atoms with E-state index in [9.17, 15) is 4.79 Å². The van der Waals surface area contributed by atoms with Crippen molar-refractivity contribution >= 4 is 5.97 Å². The number of hydrogen-bond donors (Lipinski definition) is 1. The maximum Gasteiger partial charge on any atom is 0.335 e. The van der Waals surface area contributed by atoms with E-state index in [-0.39, 0.29) is 5.56 Å². The van der Waals surface area contributed by atoms with Gasteiger partial charge in [0.1, 0.15) is 5.82 Å². The van der Waals surface area contributed by atoms with Crippen LogP contribution >= 0.6 is 0 Å². The molecule has 0 saturated heterocycles. The first-order chi connectivity index (χ1) is 10.7. The van der Waals surface area contributed by atoms with Gasteiger partial charge in [-0.15, -0.1) is 0 Å². The summed E-state index contributed by atoms with van der Waals surface area (Å²) in [5, 5.41) is 13.7. The van der Waals surface area contributed by atoms with Crippen LogP contribution < -0.4 is 0 Å². The van der Waals surface area contributed by atoms with E-state index in [1.54, 1.807) is 30.0 Å². The van der Waals surface area contributed by atoms with Crippen LogP contribution in [0.5, 0.6) is 0 Å². The summed E-state index contributed by atoms with van der Waals surface area (Å²) in [7, 11) is 1.65. The van der Waals surface area contributed by atoms with Gasteiger partial charge in [-0.3, -0.25) is 0 Å². The molecule has 1 aliphatic carbocycles. The lowest BCUT2D eigenvalue weighted by molar-refractivity contribution is 0.0697. The first kappa shape index (κ1) is 14.7. The summed E-state index contributed by atoms with van der Waals surface area (Å²) in [5.74, 6) is 1.15. The number of carboxylic acids is 1. The Morgan fingerprint density at radius 2 is 2.27 bits per heavy atom. The lowest BCUT2D eigenvalue weighted by Crippen LogP contribution is -2.15. The number of rotatable bonds is 6. The van der Waals surface area contributed by atoms with Crippen molar-refractivity contribution in [3.05, 3.63) is 41.5 Å². The van der Waals surface area contributed by atoms with Crippen molar-refractivity contribution in [2.45, 2.75) is 31.6 Å². The zero-order valence-corrected chi connectivity index (χ0v) is 12.5. The molecule has 6 heteroatoms. The number of carbonyl (C=O) groups is 1. The normalized spacial score (nSPS) is 14.8. The van der Waals surface area contributed by atoms with E-state index in [4.69, 9.17) is 9.84 Å². The van der Waals surface area contributed by atoms with Gasteiger partial charge < -0.3 is 9.84 Å². The number of nitrogens with zero attached hydrogens (tertiary/aromatic N) is 3. The molecule has 0 aliphatic heterocycles. The van der Waals surface area contributed by atoms with Gasteiger partial charge in [0, 0.05) is 19.4 Å². The van der Waals surface area contributed by atoms with Gasteiger partial charge in [0.2, 0.25) is 0 Å². The van der Waals surface area contributed by atoms with Gasteiger partial charge in [-0.1, -0.05) is 12.5 Å². The summed E-state index contributed by atoms with van der Waals surface area (Å²) in [6.45, 7) is 0.573. The van der Waals surface area contributed by atoms with Crippen LogP contribution in [0, 0.1) is 0 Å². The predicted molar refractivity (Wildman–Crippen MR) is 80.5 cm³/mol. The molecule has 0 amide bonds. The number of aromatic carboxylic acids is 1. The molecule has 6 nitrogen and oxygen atoms in total. The number of aromatic nitrogens is 3. The van der Waals surface area contributed by atoms with Crippen molar-refractivity contribution < 1.29 is 14.6 Å². The van der Waals surface area contributed by atoms with Crippen molar-refractivity contribution in [2.75, 3.05) is 13.7 Å². The number of benzene rings is 1. The summed E-state index contributed by atoms with van der Waals surface area (Å²) in [6, 6.07) is 6.82. The maximum absolute atomic E-state index is 11.2. The number of carboxylic acid groups (broad SMARTS) is 1. The molecule has 116 valence electrons. The highest BCUT2D eigenvalue weighted by atomic mass is 16.5. The molecule has 1 aliphatic rings. The van der Waals surface area contributed by atoms with Crippen LogP contribution in [-0.4, -0.2) is 39.6 Å². The first-order valence-electron chi connectivity index (χ1n) is 7.47. The Hall–Kier alpha value is -2.21. The van der Waals surface area contributed by atoms with Crippen LogP contribution in [-0.2, 0) is 11.2 Å². The van der Waals surface area contributed by atoms with Gasteiger partial charge in [0.05, 0.1) is 17.9 Å². The Bertz CT molecular complexity index is 677. The Morgan fingerprint density at radius 1 is 1.45 bits per heavy atom. The second kappa shape index (κ2) is 6.27. The molecule has 0 bridgehead atoms. The summed E-state index contributed by atoms with van der Waals surface area (Å²) < 4.78 is 6.88. The minimum Gasteiger partial charge on any atom is -0.478 e. The molecule has 2 aromatic rings. The number of ether oxygens (including phenoxy) is 1. The molecule has 1 aromatic heterocycles. The van der Waals surface area contributed by atoms with Crippen LogP contribution in [0.1, 0.15) is 47.2 Å². The summed E-state index contributed by atoms with van der Waals surface area (Å²) in [4.78, 5) is 15.8. The molecule has 22 heavy (non-hydrogen) atoms. The smallest absolute Gasteiger partial charge is 0.335 e. The zero-order chi connectivity index (χ0) is 15.5. The average molecular weight is 301 g/mol. The van der Waals surface area contributed by atoms with Crippen LogP contribution in [0.2, 0.25) is 0 Å². The highest BCUT2D eigenvalue weighted by Gasteiger charge is 2.26. The molecule has 1 saturated carbocycles. The molecular weight excluding hydrogens is 282 g/mol. The Morgan fingerprint density at radius 3 is 2.91 bits per heavy atom. The second-order valence-electron chi connectivity index (χ2n) is 5.52. The fourth-order valence-electron chi connectivity index (χ4n) is 2.56. The summed E-state index contributed by atoms with van der Waals surface area (Å²) in [5.41, 5.74) is 1.00. The zero-order valence-electron chi connectivity index (χ0n) is 12.5. The quantitative estimate of drug-likeness (QED) is 0.886.